The van der Waals surface area contributed by atoms with Gasteiger partial charge >= 0.3 is 0 Å². The Balaban J connectivity index is 1.96. The largest absolute Gasteiger partial charge is 0.456 e. The molecule has 0 atom stereocenters. The topological polar surface area (TPSA) is 21.4 Å². The van der Waals surface area contributed by atoms with E-state index in [1.54, 1.807) is 18.2 Å². The van der Waals surface area contributed by atoms with Gasteiger partial charge in [-0.25, -0.2) is 13.8 Å². The lowest BCUT2D eigenvalue weighted by atomic mass is 9.97. The molecule has 31 heavy (non-hydrogen) atoms. The monoisotopic (exact) mass is 407 g/mol. The molecule has 0 aliphatic rings. The maximum atomic E-state index is 15.3. The molecule has 5 aromatic rings. The van der Waals surface area contributed by atoms with E-state index >= 15 is 4.39 Å². The molecule has 5 rings (SSSR count). The Morgan fingerprint density at radius 1 is 0.935 bits per heavy atom. The highest BCUT2D eigenvalue weighted by molar-refractivity contribution is 6.15. The second-order valence-electron chi connectivity index (χ2n) is 7.87. The molecule has 0 fully saturated rings. The average Bonchev–Trinajstić information content (AvgIpc) is 3.14. The first kappa shape index (κ1) is 19.0. The molecular formula is C27H20FN2O+. The number of hydrogen-bond acceptors (Lipinski definition) is 1. The van der Waals surface area contributed by atoms with Crippen LogP contribution in [0.2, 0.25) is 0 Å². The van der Waals surface area contributed by atoms with E-state index < -0.39 is 0 Å². The van der Waals surface area contributed by atoms with Crippen molar-refractivity contribution in [3.63, 3.8) is 0 Å². The molecule has 3 aromatic carbocycles. The fraction of sp³-hybridized carbons (Fsp3) is 0.111. The van der Waals surface area contributed by atoms with Gasteiger partial charge < -0.3 is 4.42 Å². The Morgan fingerprint density at radius 3 is 2.42 bits per heavy atom. The minimum absolute atomic E-state index is 0.320. The maximum Gasteiger partial charge on any atom is 0.216 e. The van der Waals surface area contributed by atoms with Gasteiger partial charge in [0.25, 0.3) is 0 Å². The average molecular weight is 407 g/mol. The highest BCUT2D eigenvalue weighted by Gasteiger charge is 2.25. The van der Waals surface area contributed by atoms with Crippen molar-refractivity contribution in [1.29, 1.82) is 0 Å². The van der Waals surface area contributed by atoms with Crippen molar-refractivity contribution in [2.75, 3.05) is 0 Å². The third-order valence-electron chi connectivity index (χ3n) is 5.76. The molecule has 0 aliphatic heterocycles. The van der Waals surface area contributed by atoms with Crippen LogP contribution in [0.15, 0.2) is 71.3 Å². The van der Waals surface area contributed by atoms with Gasteiger partial charge in [-0.05, 0) is 37.1 Å². The van der Waals surface area contributed by atoms with Crippen LogP contribution in [0, 0.1) is 26.2 Å². The van der Waals surface area contributed by atoms with Crippen LogP contribution in [-0.2, 0) is 7.05 Å². The minimum Gasteiger partial charge on any atom is -0.456 e. The molecule has 0 saturated carbocycles. The number of fused-ring (bicyclic) bond motifs is 3. The van der Waals surface area contributed by atoms with Crippen molar-refractivity contribution >= 4 is 27.6 Å². The number of benzene rings is 3. The lowest BCUT2D eigenvalue weighted by molar-refractivity contribution is -0.660. The summed E-state index contributed by atoms with van der Waals surface area (Å²) in [5.74, 6) is -0.320. The van der Waals surface area contributed by atoms with Crippen LogP contribution in [0.4, 0.5) is 10.1 Å². The highest BCUT2D eigenvalue weighted by atomic mass is 19.1. The summed E-state index contributed by atoms with van der Waals surface area (Å²) in [6.07, 6.45) is 2.04. The van der Waals surface area contributed by atoms with E-state index in [0.717, 1.165) is 27.9 Å². The van der Waals surface area contributed by atoms with E-state index in [9.17, 15) is 0 Å². The van der Waals surface area contributed by atoms with Crippen LogP contribution in [0.25, 0.3) is 49.2 Å². The summed E-state index contributed by atoms with van der Waals surface area (Å²) < 4.78 is 23.7. The first-order valence-electron chi connectivity index (χ1n) is 10.1. The van der Waals surface area contributed by atoms with Crippen molar-refractivity contribution in [1.82, 2.24) is 0 Å². The van der Waals surface area contributed by atoms with Crippen molar-refractivity contribution in [2.45, 2.75) is 13.8 Å². The highest BCUT2D eigenvalue weighted by Crippen LogP contribution is 2.45. The third kappa shape index (κ3) is 2.90. The second-order valence-corrected chi connectivity index (χ2v) is 7.87. The molecule has 0 spiro atoms. The molecule has 0 aliphatic carbocycles. The molecule has 0 N–H and O–H groups in total. The van der Waals surface area contributed by atoms with E-state index in [4.69, 9.17) is 11.0 Å². The molecule has 0 bridgehead atoms. The van der Waals surface area contributed by atoms with Gasteiger partial charge in [0.1, 0.15) is 18.4 Å². The quantitative estimate of drug-likeness (QED) is 0.227. The predicted octanol–water partition coefficient (Wildman–Crippen LogP) is 7.05. The summed E-state index contributed by atoms with van der Waals surface area (Å²) in [6.45, 7) is 11.6. The Labute approximate surface area is 179 Å². The first-order valence-corrected chi connectivity index (χ1v) is 10.1. The summed E-state index contributed by atoms with van der Waals surface area (Å²) >= 11 is 0. The number of aromatic nitrogens is 1. The molecule has 2 heterocycles. The lowest BCUT2D eigenvalue weighted by Gasteiger charge is -2.06. The number of aryl methyl sites for hydroxylation is 3. The van der Waals surface area contributed by atoms with Gasteiger partial charge in [-0.2, -0.15) is 0 Å². The van der Waals surface area contributed by atoms with Crippen molar-refractivity contribution < 1.29 is 13.4 Å². The number of furan rings is 1. The second kappa shape index (κ2) is 7.07. The van der Waals surface area contributed by atoms with Crippen LogP contribution in [0.5, 0.6) is 0 Å². The van der Waals surface area contributed by atoms with E-state index in [1.807, 2.05) is 74.1 Å². The Hall–Kier alpha value is -3.97. The maximum absolute atomic E-state index is 15.3. The van der Waals surface area contributed by atoms with Gasteiger partial charge in [-0.1, -0.05) is 42.5 Å². The van der Waals surface area contributed by atoms with Crippen LogP contribution < -0.4 is 4.57 Å². The van der Waals surface area contributed by atoms with Crippen LogP contribution >= 0.6 is 0 Å². The number of pyridine rings is 1. The molecule has 0 unspecified atom stereocenters. The molecule has 0 radical (unpaired) electrons. The summed E-state index contributed by atoms with van der Waals surface area (Å²) in [5.41, 5.74) is 6.84. The summed E-state index contributed by atoms with van der Waals surface area (Å²) in [7, 11) is 1.98. The van der Waals surface area contributed by atoms with Crippen molar-refractivity contribution in [2.24, 2.45) is 7.05 Å². The Bertz CT molecular complexity index is 1530. The standard InChI is InChI=1S/C27H20FN2O/c1-16-10-13-22(30(4)15-16)23-17(2)14-20(28)25-19-11-12-21(29-3)24(26(19)31-27(23)25)18-8-6-5-7-9-18/h5-15H,1-2,4H3/q+1. The predicted molar refractivity (Wildman–Crippen MR) is 121 cm³/mol. The van der Waals surface area contributed by atoms with E-state index in [2.05, 4.69) is 4.85 Å². The van der Waals surface area contributed by atoms with E-state index in [0.29, 0.717) is 33.2 Å². The van der Waals surface area contributed by atoms with Crippen LogP contribution in [-0.4, -0.2) is 0 Å². The number of nitrogens with zero attached hydrogens (tertiary/aromatic N) is 2. The van der Waals surface area contributed by atoms with Gasteiger partial charge in [0, 0.05) is 22.6 Å². The minimum atomic E-state index is -0.320. The van der Waals surface area contributed by atoms with Gasteiger partial charge in [0.05, 0.1) is 17.5 Å². The number of hydrogen-bond donors (Lipinski definition) is 0. The fourth-order valence-electron chi connectivity index (χ4n) is 4.38. The van der Waals surface area contributed by atoms with Crippen LogP contribution in [0.1, 0.15) is 11.1 Å². The number of rotatable bonds is 2. The van der Waals surface area contributed by atoms with Crippen molar-refractivity contribution in [3.05, 3.63) is 95.2 Å². The fourth-order valence-corrected chi connectivity index (χ4v) is 4.38. The number of halogens is 1. The molecule has 0 saturated heterocycles. The molecule has 150 valence electrons. The van der Waals surface area contributed by atoms with Gasteiger partial charge in [-0.3, -0.25) is 0 Å². The third-order valence-corrected chi connectivity index (χ3v) is 5.76. The van der Waals surface area contributed by atoms with E-state index in [-0.39, 0.29) is 5.82 Å². The molecule has 2 aromatic heterocycles. The van der Waals surface area contributed by atoms with Crippen LogP contribution in [0.3, 0.4) is 0 Å². The van der Waals surface area contributed by atoms with Gasteiger partial charge in [0.15, 0.2) is 17.5 Å². The molecule has 0 amide bonds. The smallest absolute Gasteiger partial charge is 0.216 e. The molecular weight excluding hydrogens is 387 g/mol. The normalized spacial score (nSPS) is 11.2. The zero-order valence-corrected chi connectivity index (χ0v) is 17.5. The summed E-state index contributed by atoms with van der Waals surface area (Å²) in [6, 6.07) is 18.8. The van der Waals surface area contributed by atoms with Crippen molar-refractivity contribution in [3.8, 4) is 22.4 Å². The zero-order valence-electron chi connectivity index (χ0n) is 17.5. The first-order chi connectivity index (χ1) is 15.0. The van der Waals surface area contributed by atoms with Gasteiger partial charge in [0.2, 0.25) is 5.69 Å². The van der Waals surface area contributed by atoms with Gasteiger partial charge in [-0.15, -0.1) is 0 Å². The Morgan fingerprint density at radius 2 is 1.71 bits per heavy atom. The summed E-state index contributed by atoms with van der Waals surface area (Å²) in [5, 5.41) is 1.12. The summed E-state index contributed by atoms with van der Waals surface area (Å²) in [4.78, 5) is 3.70. The van der Waals surface area contributed by atoms with E-state index in [1.165, 1.54) is 0 Å². The lowest BCUT2D eigenvalue weighted by Crippen LogP contribution is -2.31. The molecule has 3 nitrogen and oxygen atoms in total. The Kier molecular flexibility index (Phi) is 4.34. The SMILES string of the molecule is [C-]#[N+]c1ccc2c(oc3c(-c4ccc(C)c[n+]4C)c(C)cc(F)c32)c1-c1ccccc1. The zero-order chi connectivity index (χ0) is 21.7. The molecule has 4 heteroatoms.